The Morgan fingerprint density at radius 2 is 1.77 bits per heavy atom. The van der Waals surface area contributed by atoms with Gasteiger partial charge in [-0.05, 0) is 42.2 Å². The van der Waals surface area contributed by atoms with Crippen molar-refractivity contribution in [1.29, 1.82) is 0 Å². The summed E-state index contributed by atoms with van der Waals surface area (Å²) >= 11 is 0. The van der Waals surface area contributed by atoms with Gasteiger partial charge in [0.25, 0.3) is 0 Å². The fourth-order valence-corrected chi connectivity index (χ4v) is 5.21. The van der Waals surface area contributed by atoms with Gasteiger partial charge in [0, 0.05) is 12.1 Å². The van der Waals surface area contributed by atoms with Crippen LogP contribution >= 0.6 is 0 Å². The van der Waals surface area contributed by atoms with Gasteiger partial charge in [0.15, 0.2) is 5.60 Å². The Hall–Kier alpha value is -3.06. The summed E-state index contributed by atoms with van der Waals surface area (Å²) in [4.78, 5) is 4.23. The second kappa shape index (κ2) is 6.72. The summed E-state index contributed by atoms with van der Waals surface area (Å²) in [5, 5.41) is 12.1. The van der Waals surface area contributed by atoms with Crippen LogP contribution in [0.2, 0.25) is 0 Å². The average Bonchev–Trinajstić information content (AvgIpc) is 3.21. The molecule has 0 amide bonds. The lowest BCUT2D eigenvalue weighted by atomic mass is 9.72. The molecule has 3 aromatic rings. The molecule has 2 aromatic carbocycles. The fraction of sp³-hybridized carbons (Fsp3) is 0.292. The van der Waals surface area contributed by atoms with Crippen LogP contribution in [0.1, 0.15) is 41.0 Å². The molecule has 1 N–H and O–H groups in total. The molecule has 1 aromatic heterocycles. The number of alkyl halides is 3. The maximum atomic E-state index is 13.2. The number of pyridine rings is 1. The molecule has 1 fully saturated rings. The maximum Gasteiger partial charge on any atom is 0.416 e. The van der Waals surface area contributed by atoms with Gasteiger partial charge in [-0.25, -0.2) is 4.98 Å². The van der Waals surface area contributed by atoms with Crippen LogP contribution in [-0.2, 0) is 17.4 Å². The Balaban J connectivity index is 1.74. The molecule has 1 aliphatic carbocycles. The zero-order valence-corrected chi connectivity index (χ0v) is 16.7. The fourth-order valence-electron chi connectivity index (χ4n) is 5.21. The lowest BCUT2D eigenvalue weighted by Crippen LogP contribution is -2.48. The van der Waals surface area contributed by atoms with Gasteiger partial charge in [0.1, 0.15) is 11.4 Å². The van der Waals surface area contributed by atoms with Crippen LogP contribution in [0.5, 0.6) is 11.6 Å². The Morgan fingerprint density at radius 3 is 2.42 bits per heavy atom. The number of hydrogen-bond donors (Lipinski definition) is 1. The first-order valence-corrected chi connectivity index (χ1v) is 9.99. The summed E-state index contributed by atoms with van der Waals surface area (Å²) in [5.74, 6) is 0.393. The molecule has 0 spiro atoms. The van der Waals surface area contributed by atoms with Crippen molar-refractivity contribution in [2.45, 2.75) is 36.1 Å². The lowest BCUT2D eigenvalue weighted by molar-refractivity contribution is -0.137. The monoisotopic (exact) mass is 427 g/mol. The van der Waals surface area contributed by atoms with Crippen molar-refractivity contribution in [2.24, 2.45) is 0 Å². The molecule has 0 saturated heterocycles. The summed E-state index contributed by atoms with van der Waals surface area (Å²) in [7, 11) is 1.47. The minimum Gasteiger partial charge on any atom is -0.481 e. The van der Waals surface area contributed by atoms with E-state index in [1.54, 1.807) is 6.07 Å². The molecule has 2 aliphatic rings. The number of rotatable bonds is 3. The van der Waals surface area contributed by atoms with E-state index in [1.807, 2.05) is 30.3 Å². The van der Waals surface area contributed by atoms with Crippen LogP contribution in [0.15, 0.2) is 66.9 Å². The molecule has 3 atom stereocenters. The molecule has 0 bridgehead atoms. The van der Waals surface area contributed by atoms with Gasteiger partial charge in [-0.15, -0.1) is 0 Å². The Morgan fingerprint density at radius 1 is 1.06 bits per heavy atom. The molecule has 1 aliphatic heterocycles. The van der Waals surface area contributed by atoms with E-state index < -0.39 is 22.9 Å². The van der Waals surface area contributed by atoms with Gasteiger partial charge in [0.2, 0.25) is 5.88 Å². The van der Waals surface area contributed by atoms with E-state index in [1.165, 1.54) is 25.4 Å². The highest BCUT2D eigenvalue weighted by atomic mass is 19.4. The van der Waals surface area contributed by atoms with Crippen LogP contribution in [0.25, 0.3) is 0 Å². The molecular weight excluding hydrogens is 407 g/mol. The molecule has 4 nitrogen and oxygen atoms in total. The van der Waals surface area contributed by atoms with Gasteiger partial charge in [-0.3, -0.25) is 0 Å². The minimum atomic E-state index is -4.45. The summed E-state index contributed by atoms with van der Waals surface area (Å²) in [6.45, 7) is 0. The standard InChI is InChI=1S/C24H20F3NO3/c1-30-21-20-19(12-14-28-21)31-23(16-7-9-17(10-8-16)24(25,26)27)18(11-13-22(20,23)29)15-5-3-2-4-6-15/h2-10,12,14,18,29H,11,13H2,1H3/t18?,22?,23-/m0/s1. The predicted molar refractivity (Wildman–Crippen MR) is 107 cm³/mol. The normalized spacial score (nSPS) is 26.8. The summed E-state index contributed by atoms with van der Waals surface area (Å²) in [5.41, 5.74) is -1.71. The van der Waals surface area contributed by atoms with Crippen molar-refractivity contribution in [3.63, 3.8) is 0 Å². The second-order valence-electron chi connectivity index (χ2n) is 7.97. The largest absolute Gasteiger partial charge is 0.481 e. The molecule has 5 rings (SSSR count). The summed E-state index contributed by atoms with van der Waals surface area (Å²) in [6, 6.07) is 16.1. The van der Waals surface area contributed by atoms with Crippen molar-refractivity contribution >= 4 is 0 Å². The van der Waals surface area contributed by atoms with Gasteiger partial charge in [0.05, 0.1) is 18.2 Å². The topological polar surface area (TPSA) is 51.6 Å². The predicted octanol–water partition coefficient (Wildman–Crippen LogP) is 5.16. The SMILES string of the molecule is COc1nccc2c1C1(O)CCC(c3ccccc3)[C@]1(c1ccc(C(F)(F)F)cc1)O2. The summed E-state index contributed by atoms with van der Waals surface area (Å²) in [6.07, 6.45) is -1.99. The quantitative estimate of drug-likeness (QED) is 0.627. The number of halogens is 3. The highest BCUT2D eigenvalue weighted by molar-refractivity contribution is 5.56. The number of fused-ring (bicyclic) bond motifs is 3. The molecular formula is C24H20F3NO3. The van der Waals surface area contributed by atoms with Crippen LogP contribution < -0.4 is 9.47 Å². The molecule has 31 heavy (non-hydrogen) atoms. The van der Waals surface area contributed by atoms with E-state index in [9.17, 15) is 18.3 Å². The van der Waals surface area contributed by atoms with E-state index in [-0.39, 0.29) is 11.8 Å². The van der Waals surface area contributed by atoms with Crippen LogP contribution in [0, 0.1) is 0 Å². The Bertz CT molecular complexity index is 1120. The van der Waals surface area contributed by atoms with Crippen molar-refractivity contribution in [3.05, 3.63) is 89.1 Å². The lowest BCUT2D eigenvalue weighted by Gasteiger charge is -2.40. The van der Waals surface area contributed by atoms with Crippen molar-refractivity contribution < 1.29 is 27.8 Å². The van der Waals surface area contributed by atoms with Gasteiger partial charge in [-0.2, -0.15) is 13.2 Å². The van der Waals surface area contributed by atoms with Crippen LogP contribution in [0.3, 0.4) is 0 Å². The highest BCUT2D eigenvalue weighted by Crippen LogP contribution is 2.67. The number of aromatic nitrogens is 1. The van der Waals surface area contributed by atoms with Crippen molar-refractivity contribution in [1.82, 2.24) is 4.98 Å². The number of benzene rings is 2. The first-order valence-electron chi connectivity index (χ1n) is 9.99. The first kappa shape index (κ1) is 19.9. The van der Waals surface area contributed by atoms with E-state index >= 15 is 0 Å². The smallest absolute Gasteiger partial charge is 0.416 e. The van der Waals surface area contributed by atoms with Crippen LogP contribution in [0.4, 0.5) is 13.2 Å². The molecule has 160 valence electrons. The summed E-state index contributed by atoms with van der Waals surface area (Å²) < 4.78 is 51.5. The maximum absolute atomic E-state index is 13.2. The Kier molecular flexibility index (Phi) is 4.31. The average molecular weight is 427 g/mol. The van der Waals surface area contributed by atoms with Gasteiger partial charge < -0.3 is 14.6 Å². The number of nitrogens with zero attached hydrogens (tertiary/aromatic N) is 1. The Labute approximate surface area is 177 Å². The third kappa shape index (κ3) is 2.69. The first-order chi connectivity index (χ1) is 14.8. The number of ether oxygens (including phenoxy) is 2. The number of aliphatic hydroxyl groups is 1. The second-order valence-corrected chi connectivity index (χ2v) is 7.97. The molecule has 2 unspecified atom stereocenters. The van der Waals surface area contributed by atoms with E-state index in [4.69, 9.17) is 9.47 Å². The number of methoxy groups -OCH3 is 1. The van der Waals surface area contributed by atoms with Gasteiger partial charge in [-0.1, -0.05) is 42.5 Å². The van der Waals surface area contributed by atoms with Crippen molar-refractivity contribution in [3.8, 4) is 11.6 Å². The number of hydrogen-bond acceptors (Lipinski definition) is 4. The van der Waals surface area contributed by atoms with Gasteiger partial charge >= 0.3 is 6.18 Å². The molecule has 0 radical (unpaired) electrons. The zero-order chi connectivity index (χ0) is 21.9. The highest BCUT2D eigenvalue weighted by Gasteiger charge is 2.69. The third-order valence-electron chi connectivity index (χ3n) is 6.50. The zero-order valence-electron chi connectivity index (χ0n) is 16.7. The van der Waals surface area contributed by atoms with E-state index in [0.717, 1.165) is 17.7 Å². The molecule has 7 heteroatoms. The minimum absolute atomic E-state index is 0.252. The van der Waals surface area contributed by atoms with Crippen LogP contribution in [-0.4, -0.2) is 17.2 Å². The molecule has 2 heterocycles. The molecule has 1 saturated carbocycles. The van der Waals surface area contributed by atoms with E-state index in [2.05, 4.69) is 4.98 Å². The van der Waals surface area contributed by atoms with E-state index in [0.29, 0.717) is 29.7 Å². The third-order valence-corrected chi connectivity index (χ3v) is 6.50. The van der Waals surface area contributed by atoms with Crippen molar-refractivity contribution in [2.75, 3.05) is 7.11 Å².